The second kappa shape index (κ2) is 6.92. The van der Waals surface area contributed by atoms with E-state index in [2.05, 4.69) is 5.32 Å². The molecule has 0 atom stereocenters. The zero-order valence-corrected chi connectivity index (χ0v) is 13.3. The smallest absolute Gasteiger partial charge is 0.395 e. The van der Waals surface area contributed by atoms with E-state index in [9.17, 15) is 19.7 Å². The van der Waals surface area contributed by atoms with E-state index < -0.39 is 16.7 Å². The van der Waals surface area contributed by atoms with Crippen molar-refractivity contribution in [3.8, 4) is 0 Å². The largest absolute Gasteiger partial charge is 0.433 e. The van der Waals surface area contributed by atoms with Gasteiger partial charge in [-0.2, -0.15) is 0 Å². The predicted molar refractivity (Wildman–Crippen MR) is 86.6 cm³/mol. The summed E-state index contributed by atoms with van der Waals surface area (Å²) in [7, 11) is 3.47. The van der Waals surface area contributed by atoms with Crippen molar-refractivity contribution in [1.82, 2.24) is 5.01 Å². The number of rotatable bonds is 5. The van der Waals surface area contributed by atoms with Crippen molar-refractivity contribution < 1.29 is 18.9 Å². The molecule has 0 saturated carbocycles. The lowest BCUT2D eigenvalue weighted by atomic mass is 10.2. The zero-order chi connectivity index (χ0) is 17.9. The maximum atomic E-state index is 12.0. The maximum absolute atomic E-state index is 12.0. The van der Waals surface area contributed by atoms with Gasteiger partial charge in [-0.15, -0.1) is 0 Å². The fraction of sp³-hybridized carbons (Fsp3) is 0.200. The summed E-state index contributed by atoms with van der Waals surface area (Å²) in [6.07, 6.45) is 0. The predicted octanol–water partition coefficient (Wildman–Crippen LogP) is 2.27. The minimum Gasteiger partial charge on any atom is -0.395 e. The van der Waals surface area contributed by atoms with Crippen LogP contribution < -0.4 is 10.3 Å². The minimum absolute atomic E-state index is 0.153. The summed E-state index contributed by atoms with van der Waals surface area (Å²) in [6, 6.07) is 8.91. The summed E-state index contributed by atoms with van der Waals surface area (Å²) in [4.78, 5) is 33.5. The fourth-order valence-corrected chi connectivity index (χ4v) is 2.12. The third-order valence-corrected chi connectivity index (χ3v) is 3.06. The van der Waals surface area contributed by atoms with Gasteiger partial charge < -0.3 is 9.73 Å². The van der Waals surface area contributed by atoms with Crippen molar-refractivity contribution >= 4 is 29.1 Å². The summed E-state index contributed by atoms with van der Waals surface area (Å²) in [5, 5.41) is 16.2. The van der Waals surface area contributed by atoms with Crippen molar-refractivity contribution in [3.63, 3.8) is 0 Å². The minimum atomic E-state index is -0.719. The summed E-state index contributed by atoms with van der Waals surface area (Å²) in [6.45, 7) is 1.44. The molecule has 1 N–H and O–H groups in total. The number of amides is 2. The average Bonchev–Trinajstić information content (AvgIpc) is 2.98. The van der Waals surface area contributed by atoms with Gasteiger partial charge in [0.05, 0.1) is 11.8 Å². The van der Waals surface area contributed by atoms with Gasteiger partial charge >= 0.3 is 5.88 Å². The molecule has 1 aromatic heterocycles. The molecule has 0 unspecified atom stereocenters. The van der Waals surface area contributed by atoms with Crippen molar-refractivity contribution in [3.05, 3.63) is 52.3 Å². The monoisotopic (exact) mass is 332 g/mol. The third-order valence-electron chi connectivity index (χ3n) is 3.06. The van der Waals surface area contributed by atoms with E-state index in [1.165, 1.54) is 18.0 Å². The molecule has 0 spiro atoms. The van der Waals surface area contributed by atoms with Crippen molar-refractivity contribution in [2.45, 2.75) is 6.92 Å². The molecule has 1 heterocycles. The SMILES string of the molecule is CC(=O)N(c1ccc(NC(=O)c2ccc([N+](=O)[O-])o2)cc1)N(C)C. The molecule has 24 heavy (non-hydrogen) atoms. The molecule has 9 nitrogen and oxygen atoms in total. The molecule has 2 amide bonds. The van der Waals surface area contributed by atoms with Crippen LogP contribution in [0.3, 0.4) is 0 Å². The van der Waals surface area contributed by atoms with Crippen molar-refractivity contribution in [2.75, 3.05) is 24.4 Å². The third kappa shape index (κ3) is 3.76. The standard InChI is InChI=1S/C15H16N4O5/c1-10(20)18(17(2)3)12-6-4-11(5-7-12)16-15(21)13-8-9-14(24-13)19(22)23/h4-9H,1-3H3,(H,16,21). The highest BCUT2D eigenvalue weighted by Gasteiger charge is 2.18. The average molecular weight is 332 g/mol. The number of anilines is 2. The van der Waals surface area contributed by atoms with Crippen LogP contribution in [0.15, 0.2) is 40.8 Å². The second-order valence-electron chi connectivity index (χ2n) is 5.07. The van der Waals surface area contributed by atoms with Crippen LogP contribution in [-0.2, 0) is 4.79 Å². The van der Waals surface area contributed by atoms with Crippen LogP contribution in [0, 0.1) is 10.1 Å². The Hall–Kier alpha value is -3.20. The van der Waals surface area contributed by atoms with Gasteiger partial charge in [0.2, 0.25) is 5.91 Å². The number of nitro groups is 1. The van der Waals surface area contributed by atoms with Gasteiger partial charge in [-0.05, 0) is 30.3 Å². The normalized spacial score (nSPS) is 10.5. The quantitative estimate of drug-likeness (QED) is 0.664. The summed E-state index contributed by atoms with van der Waals surface area (Å²) in [5.74, 6) is -1.42. The molecule has 0 radical (unpaired) electrons. The highest BCUT2D eigenvalue weighted by Crippen LogP contribution is 2.21. The van der Waals surface area contributed by atoms with Gasteiger partial charge in [0.1, 0.15) is 4.92 Å². The van der Waals surface area contributed by atoms with E-state index in [-0.39, 0.29) is 11.7 Å². The lowest BCUT2D eigenvalue weighted by Crippen LogP contribution is -2.40. The van der Waals surface area contributed by atoms with Crippen LogP contribution in [0.5, 0.6) is 0 Å². The van der Waals surface area contributed by atoms with Gasteiger partial charge in [0.15, 0.2) is 5.76 Å². The van der Waals surface area contributed by atoms with E-state index in [4.69, 9.17) is 4.42 Å². The molecule has 0 saturated heterocycles. The first kappa shape index (κ1) is 17.2. The summed E-state index contributed by atoms with van der Waals surface area (Å²) >= 11 is 0. The van der Waals surface area contributed by atoms with Crippen molar-refractivity contribution in [1.29, 1.82) is 0 Å². The summed E-state index contributed by atoms with van der Waals surface area (Å²) < 4.78 is 4.83. The van der Waals surface area contributed by atoms with Crippen molar-refractivity contribution in [2.24, 2.45) is 0 Å². The Morgan fingerprint density at radius 2 is 1.75 bits per heavy atom. The molecule has 0 aliphatic rings. The fourth-order valence-electron chi connectivity index (χ4n) is 2.12. The Bertz CT molecular complexity index is 766. The number of carbonyl (C=O) groups is 2. The molecular formula is C15H16N4O5. The number of nitrogens with one attached hydrogen (secondary N) is 1. The molecular weight excluding hydrogens is 316 g/mol. The number of carbonyl (C=O) groups excluding carboxylic acids is 2. The number of furan rings is 1. The Morgan fingerprint density at radius 1 is 1.12 bits per heavy atom. The number of hydrogen-bond acceptors (Lipinski definition) is 6. The van der Waals surface area contributed by atoms with E-state index in [1.54, 1.807) is 43.4 Å². The molecule has 2 aromatic rings. The second-order valence-corrected chi connectivity index (χ2v) is 5.07. The van der Waals surface area contributed by atoms with Crippen LogP contribution in [0.2, 0.25) is 0 Å². The van der Waals surface area contributed by atoms with Gasteiger partial charge in [-0.25, -0.2) is 10.0 Å². The molecule has 0 aliphatic heterocycles. The van der Waals surface area contributed by atoms with E-state index >= 15 is 0 Å². The highest BCUT2D eigenvalue weighted by molar-refractivity contribution is 6.02. The lowest BCUT2D eigenvalue weighted by Gasteiger charge is -2.27. The van der Waals surface area contributed by atoms with E-state index in [0.717, 1.165) is 6.07 Å². The Morgan fingerprint density at radius 3 is 2.21 bits per heavy atom. The first-order valence-corrected chi connectivity index (χ1v) is 6.93. The van der Waals surface area contributed by atoms with Gasteiger partial charge in [-0.3, -0.25) is 19.7 Å². The first-order valence-electron chi connectivity index (χ1n) is 6.93. The van der Waals surface area contributed by atoms with Crippen LogP contribution in [0.25, 0.3) is 0 Å². The van der Waals surface area contributed by atoms with Gasteiger partial charge in [-0.1, -0.05) is 0 Å². The van der Waals surface area contributed by atoms with Gasteiger partial charge in [0, 0.05) is 26.7 Å². The Labute approximate surface area is 137 Å². The number of nitrogens with zero attached hydrogens (tertiary/aromatic N) is 3. The van der Waals surface area contributed by atoms with Crippen LogP contribution >= 0.6 is 0 Å². The molecule has 126 valence electrons. The molecule has 9 heteroatoms. The molecule has 0 bridgehead atoms. The molecule has 1 aromatic carbocycles. The Balaban J connectivity index is 2.12. The number of benzene rings is 1. The van der Waals surface area contributed by atoms with E-state index in [1.807, 2.05) is 0 Å². The molecule has 0 fully saturated rings. The molecule has 2 rings (SSSR count). The summed E-state index contributed by atoms with van der Waals surface area (Å²) in [5.41, 5.74) is 1.10. The van der Waals surface area contributed by atoms with Crippen LogP contribution in [-0.4, -0.2) is 35.8 Å². The number of hydrazine groups is 1. The Kier molecular flexibility index (Phi) is 4.95. The number of hydrogen-bond donors (Lipinski definition) is 1. The molecule has 0 aliphatic carbocycles. The highest BCUT2D eigenvalue weighted by atomic mass is 16.6. The zero-order valence-electron chi connectivity index (χ0n) is 13.3. The van der Waals surface area contributed by atoms with Gasteiger partial charge in [0.25, 0.3) is 5.91 Å². The maximum Gasteiger partial charge on any atom is 0.433 e. The topological polar surface area (TPSA) is 109 Å². The van der Waals surface area contributed by atoms with E-state index in [0.29, 0.717) is 11.4 Å². The van der Waals surface area contributed by atoms with Crippen LogP contribution in [0.1, 0.15) is 17.5 Å². The van der Waals surface area contributed by atoms with Crippen LogP contribution in [0.4, 0.5) is 17.3 Å². The first-order chi connectivity index (χ1) is 11.3. The lowest BCUT2D eigenvalue weighted by molar-refractivity contribution is -0.402.